The van der Waals surface area contributed by atoms with Crippen molar-refractivity contribution in [3.63, 3.8) is 0 Å². The van der Waals surface area contributed by atoms with E-state index in [1.807, 2.05) is 0 Å². The van der Waals surface area contributed by atoms with Crippen LogP contribution >= 0.6 is 0 Å². The van der Waals surface area contributed by atoms with Crippen LogP contribution in [0.4, 0.5) is 0 Å². The van der Waals surface area contributed by atoms with Crippen LogP contribution < -0.4 is 5.73 Å². The molecule has 0 spiro atoms. The maximum Gasteiger partial charge on any atom is 0.319 e. The van der Waals surface area contributed by atoms with E-state index in [-0.39, 0.29) is 24.7 Å². The van der Waals surface area contributed by atoms with Crippen LogP contribution in [0.2, 0.25) is 0 Å². The van der Waals surface area contributed by atoms with E-state index in [0.29, 0.717) is 0 Å². The number of ether oxygens (including phenoxy) is 1. The quantitative estimate of drug-likeness (QED) is 0.564. The van der Waals surface area contributed by atoms with E-state index in [2.05, 4.69) is 4.74 Å². The van der Waals surface area contributed by atoms with Gasteiger partial charge >= 0.3 is 5.97 Å². The number of hydrogen-bond acceptors (Lipinski definition) is 5. The monoisotopic (exact) mass is 195 g/mol. The van der Waals surface area contributed by atoms with Gasteiger partial charge in [-0.2, -0.15) is 0 Å². The molecule has 0 aromatic rings. The van der Waals surface area contributed by atoms with Gasteiger partial charge in [0.15, 0.2) is 9.84 Å². The van der Waals surface area contributed by atoms with Crippen molar-refractivity contribution < 1.29 is 17.9 Å². The highest BCUT2D eigenvalue weighted by atomic mass is 32.2. The molecule has 2 N–H and O–H groups in total. The molecule has 72 valence electrons. The Bertz CT molecular complexity index is 234. The summed E-state index contributed by atoms with van der Waals surface area (Å²) in [6.45, 7) is 1.22. The topological polar surface area (TPSA) is 86.5 Å². The Labute approximate surface area is 71.8 Å². The molecule has 0 aliphatic rings. The number of nitrogens with two attached hydrogens (primary N) is 1. The first-order valence-corrected chi connectivity index (χ1v) is 5.40. The number of carbonyl (C=O) groups is 1. The zero-order valence-electron chi connectivity index (χ0n) is 6.95. The maximum absolute atomic E-state index is 10.8. The van der Waals surface area contributed by atoms with Crippen LogP contribution in [-0.4, -0.2) is 39.0 Å². The average Bonchev–Trinajstić information content (AvgIpc) is 2.04. The van der Waals surface area contributed by atoms with Crippen LogP contribution in [-0.2, 0) is 19.4 Å². The lowest BCUT2D eigenvalue weighted by atomic mass is 10.7. The third-order valence-corrected chi connectivity index (χ3v) is 2.93. The van der Waals surface area contributed by atoms with Crippen molar-refractivity contribution in [1.29, 1.82) is 0 Å². The van der Waals surface area contributed by atoms with Gasteiger partial charge in [-0.15, -0.1) is 0 Å². The predicted molar refractivity (Wildman–Crippen MR) is 44.3 cm³/mol. The zero-order chi connectivity index (χ0) is 9.61. The van der Waals surface area contributed by atoms with Crippen LogP contribution in [0.3, 0.4) is 0 Å². The minimum Gasteiger partial charge on any atom is -0.464 e. The summed E-state index contributed by atoms with van der Waals surface area (Å²) in [6, 6.07) is 0. The smallest absolute Gasteiger partial charge is 0.319 e. The lowest BCUT2D eigenvalue weighted by Gasteiger charge is -2.02. The standard InChI is InChI=1S/C6H13NO4S/c1-2-12(9,10)4-3-11-6(8)5-7/h2-5,7H2,1H3. The Hall–Kier alpha value is -0.620. The van der Waals surface area contributed by atoms with Crippen molar-refractivity contribution in [2.45, 2.75) is 6.92 Å². The first-order valence-electron chi connectivity index (χ1n) is 3.58. The van der Waals surface area contributed by atoms with Gasteiger partial charge in [0.2, 0.25) is 0 Å². The molecule has 0 atom stereocenters. The molecule has 0 bridgehead atoms. The number of rotatable bonds is 5. The fraction of sp³-hybridized carbons (Fsp3) is 0.833. The van der Waals surface area contributed by atoms with Gasteiger partial charge in [-0.1, -0.05) is 6.92 Å². The van der Waals surface area contributed by atoms with Crippen molar-refractivity contribution >= 4 is 15.8 Å². The van der Waals surface area contributed by atoms with E-state index in [9.17, 15) is 13.2 Å². The van der Waals surface area contributed by atoms with E-state index in [1.165, 1.54) is 0 Å². The molecule has 0 aromatic carbocycles. The molecular weight excluding hydrogens is 182 g/mol. The van der Waals surface area contributed by atoms with Crippen molar-refractivity contribution in [3.05, 3.63) is 0 Å². The van der Waals surface area contributed by atoms with E-state index < -0.39 is 15.8 Å². The van der Waals surface area contributed by atoms with Crippen LogP contribution in [0, 0.1) is 0 Å². The maximum atomic E-state index is 10.8. The summed E-state index contributed by atoms with van der Waals surface area (Å²) in [5, 5.41) is 0. The Kier molecular flexibility index (Phi) is 4.84. The van der Waals surface area contributed by atoms with Gasteiger partial charge < -0.3 is 10.5 Å². The van der Waals surface area contributed by atoms with Crippen molar-refractivity contribution in [2.75, 3.05) is 24.7 Å². The van der Waals surface area contributed by atoms with E-state index in [0.717, 1.165) is 0 Å². The molecule has 0 fully saturated rings. The van der Waals surface area contributed by atoms with Crippen molar-refractivity contribution in [1.82, 2.24) is 0 Å². The molecule has 5 nitrogen and oxygen atoms in total. The molecule has 0 saturated heterocycles. The van der Waals surface area contributed by atoms with Crippen molar-refractivity contribution in [2.24, 2.45) is 5.73 Å². The summed E-state index contributed by atoms with van der Waals surface area (Å²) in [4.78, 5) is 10.4. The molecule has 0 aromatic heterocycles. The molecule has 0 radical (unpaired) electrons. The molecule has 0 unspecified atom stereocenters. The van der Waals surface area contributed by atoms with Crippen LogP contribution in [0.5, 0.6) is 0 Å². The normalized spacial score (nSPS) is 11.2. The summed E-state index contributed by atoms with van der Waals surface area (Å²) in [6.07, 6.45) is 0. The van der Waals surface area contributed by atoms with Gasteiger partial charge in [-0.3, -0.25) is 4.79 Å². The third kappa shape index (κ3) is 5.09. The van der Waals surface area contributed by atoms with Crippen LogP contribution in [0.1, 0.15) is 6.92 Å². The molecule has 0 amide bonds. The molecule has 6 heteroatoms. The van der Waals surface area contributed by atoms with Gasteiger partial charge in [0, 0.05) is 5.75 Å². The van der Waals surface area contributed by atoms with Gasteiger partial charge in [0.25, 0.3) is 0 Å². The minimum absolute atomic E-state index is 0.0627. The van der Waals surface area contributed by atoms with E-state index >= 15 is 0 Å². The summed E-state index contributed by atoms with van der Waals surface area (Å²) in [5.41, 5.74) is 4.93. The highest BCUT2D eigenvalue weighted by Gasteiger charge is 2.08. The molecule has 0 heterocycles. The number of hydrogen-bond donors (Lipinski definition) is 1. The summed E-state index contributed by atoms with van der Waals surface area (Å²) >= 11 is 0. The number of esters is 1. The lowest BCUT2D eigenvalue weighted by Crippen LogP contribution is -2.21. The highest BCUT2D eigenvalue weighted by molar-refractivity contribution is 7.91. The highest BCUT2D eigenvalue weighted by Crippen LogP contribution is 1.89. The van der Waals surface area contributed by atoms with Gasteiger partial charge in [-0.25, -0.2) is 8.42 Å². The van der Waals surface area contributed by atoms with E-state index in [1.54, 1.807) is 6.92 Å². The average molecular weight is 195 g/mol. The minimum atomic E-state index is -3.04. The molecule has 0 rings (SSSR count). The summed E-state index contributed by atoms with van der Waals surface area (Å²) < 4.78 is 26.2. The fourth-order valence-electron chi connectivity index (χ4n) is 0.486. The van der Waals surface area contributed by atoms with E-state index in [4.69, 9.17) is 5.73 Å². The second kappa shape index (κ2) is 5.10. The largest absolute Gasteiger partial charge is 0.464 e. The van der Waals surface area contributed by atoms with Gasteiger partial charge in [-0.05, 0) is 0 Å². The van der Waals surface area contributed by atoms with Crippen LogP contribution in [0.15, 0.2) is 0 Å². The Morgan fingerprint density at radius 3 is 2.50 bits per heavy atom. The second-order valence-electron chi connectivity index (χ2n) is 2.16. The third-order valence-electron chi connectivity index (χ3n) is 1.26. The SMILES string of the molecule is CCS(=O)(=O)CCOC(=O)CN. The molecule has 0 saturated carbocycles. The Morgan fingerprint density at radius 2 is 2.08 bits per heavy atom. The Morgan fingerprint density at radius 1 is 1.50 bits per heavy atom. The predicted octanol–water partition coefficient (Wildman–Crippen LogP) is -1.08. The molecule has 0 aliphatic heterocycles. The molecule has 12 heavy (non-hydrogen) atoms. The zero-order valence-corrected chi connectivity index (χ0v) is 7.76. The summed E-state index contributed by atoms with van der Waals surface area (Å²) in [7, 11) is -3.04. The second-order valence-corrected chi connectivity index (χ2v) is 4.63. The van der Waals surface area contributed by atoms with Gasteiger partial charge in [0.05, 0.1) is 12.3 Å². The first-order chi connectivity index (χ1) is 5.52. The van der Waals surface area contributed by atoms with Gasteiger partial charge in [0.1, 0.15) is 6.61 Å². The molecule has 0 aliphatic carbocycles. The van der Waals surface area contributed by atoms with Crippen molar-refractivity contribution in [3.8, 4) is 0 Å². The summed E-state index contributed by atoms with van der Waals surface area (Å²) in [5.74, 6) is -0.649. The molecular formula is C6H13NO4S. The number of sulfone groups is 1. The fourth-order valence-corrected chi connectivity index (χ4v) is 1.11. The Balaban J connectivity index is 3.64. The lowest BCUT2D eigenvalue weighted by molar-refractivity contribution is -0.141. The van der Waals surface area contributed by atoms with Crippen LogP contribution in [0.25, 0.3) is 0 Å². The first kappa shape index (κ1) is 11.4. The number of carbonyl (C=O) groups excluding carboxylic acids is 1.